The summed E-state index contributed by atoms with van der Waals surface area (Å²) >= 11 is 0. The number of imide groups is 1. The molecule has 2 rings (SSSR count). The highest BCUT2D eigenvalue weighted by Crippen LogP contribution is 2.17. The Morgan fingerprint density at radius 1 is 0.679 bits per heavy atom. The van der Waals surface area contributed by atoms with Crippen LogP contribution in [0.4, 0.5) is 5.69 Å². The van der Waals surface area contributed by atoms with Crippen molar-refractivity contribution in [2.45, 2.75) is 66.2 Å². The predicted octanol–water partition coefficient (Wildman–Crippen LogP) is 0.612. The minimum Gasteiger partial charge on any atom is -0.460 e. The third-order valence-corrected chi connectivity index (χ3v) is 7.35. The molecule has 0 saturated carbocycles. The van der Waals surface area contributed by atoms with Gasteiger partial charge in [-0.2, -0.15) is 0 Å². The van der Waals surface area contributed by atoms with Gasteiger partial charge in [0.05, 0.1) is 58.3 Å². The van der Waals surface area contributed by atoms with Crippen molar-refractivity contribution < 1.29 is 57.2 Å². The lowest BCUT2D eigenvalue weighted by atomic mass is 9.97. The summed E-state index contributed by atoms with van der Waals surface area (Å²) in [4.78, 5) is 85.1. The molecular weight excluding hydrogens is 694 g/mol. The molecule has 0 aliphatic carbocycles. The fourth-order valence-corrected chi connectivity index (χ4v) is 4.23. The zero-order valence-electron chi connectivity index (χ0n) is 31.2. The number of hydrogen-bond acceptors (Lipinski definition) is 12. The Morgan fingerprint density at radius 3 is 1.77 bits per heavy atom. The largest absolute Gasteiger partial charge is 0.460 e. The molecule has 0 fully saturated rings. The molecule has 6 amide bonds. The predicted molar refractivity (Wildman–Crippen MR) is 191 cm³/mol. The van der Waals surface area contributed by atoms with E-state index in [0.29, 0.717) is 38.7 Å². The molecule has 294 valence electrons. The monoisotopic (exact) mass is 747 g/mol. The molecule has 17 nitrogen and oxygen atoms in total. The summed E-state index contributed by atoms with van der Waals surface area (Å²) in [5.74, 6) is -2.79. The van der Waals surface area contributed by atoms with E-state index in [1.807, 2.05) is 0 Å². The van der Waals surface area contributed by atoms with E-state index in [2.05, 4.69) is 21.3 Å². The lowest BCUT2D eigenvalue weighted by molar-refractivity contribution is -0.154. The first-order valence-corrected chi connectivity index (χ1v) is 17.5. The maximum Gasteiger partial charge on any atom is 0.311 e. The van der Waals surface area contributed by atoms with E-state index >= 15 is 0 Å². The number of ether oxygens (including phenoxy) is 5. The van der Waals surface area contributed by atoms with E-state index in [1.54, 1.807) is 45.0 Å². The zero-order valence-corrected chi connectivity index (χ0v) is 31.2. The molecule has 17 heteroatoms. The fourth-order valence-electron chi connectivity index (χ4n) is 4.23. The zero-order chi connectivity index (χ0) is 39.2. The molecule has 4 N–H and O–H groups in total. The summed E-state index contributed by atoms with van der Waals surface area (Å²) in [6.45, 7) is 11.1. The van der Waals surface area contributed by atoms with E-state index in [0.717, 1.165) is 10.5 Å². The molecule has 1 unspecified atom stereocenters. The number of benzene rings is 1. The number of anilines is 1. The van der Waals surface area contributed by atoms with E-state index < -0.39 is 41.1 Å². The molecule has 0 bridgehead atoms. The number of nitrogens with zero attached hydrogens (tertiary/aromatic N) is 1. The lowest BCUT2D eigenvalue weighted by Gasteiger charge is -2.18. The summed E-state index contributed by atoms with van der Waals surface area (Å²) in [5.41, 5.74) is 0.666. The van der Waals surface area contributed by atoms with Crippen LogP contribution < -0.4 is 21.3 Å². The van der Waals surface area contributed by atoms with Gasteiger partial charge in [-0.3, -0.25) is 38.5 Å². The first kappa shape index (κ1) is 44.5. The van der Waals surface area contributed by atoms with Gasteiger partial charge in [0.15, 0.2) is 0 Å². The van der Waals surface area contributed by atoms with Crippen LogP contribution in [0, 0.1) is 5.41 Å². The highest BCUT2D eigenvalue weighted by atomic mass is 16.6. The third kappa shape index (κ3) is 18.6. The molecule has 1 aliphatic heterocycles. The topological polar surface area (TPSA) is 217 Å². The molecule has 1 aromatic rings. The van der Waals surface area contributed by atoms with Crippen molar-refractivity contribution in [2.24, 2.45) is 5.41 Å². The molecule has 1 aromatic carbocycles. The Balaban J connectivity index is 1.42. The Labute approximate surface area is 309 Å². The minimum absolute atomic E-state index is 0.0210. The van der Waals surface area contributed by atoms with Gasteiger partial charge in [0, 0.05) is 43.8 Å². The van der Waals surface area contributed by atoms with Gasteiger partial charge < -0.3 is 45.0 Å². The first-order valence-electron chi connectivity index (χ1n) is 17.5. The van der Waals surface area contributed by atoms with Crippen LogP contribution in [0.1, 0.15) is 53.0 Å². The summed E-state index contributed by atoms with van der Waals surface area (Å²) < 4.78 is 26.9. The summed E-state index contributed by atoms with van der Waals surface area (Å²) in [6, 6.07) is 5.04. The van der Waals surface area contributed by atoms with Crippen molar-refractivity contribution >= 4 is 47.1 Å². The van der Waals surface area contributed by atoms with Crippen LogP contribution in [0.15, 0.2) is 36.4 Å². The molecule has 0 saturated heterocycles. The molecule has 1 aliphatic rings. The van der Waals surface area contributed by atoms with Crippen molar-refractivity contribution in [2.75, 3.05) is 71.3 Å². The second kappa shape index (κ2) is 23.8. The van der Waals surface area contributed by atoms with E-state index in [-0.39, 0.29) is 70.1 Å². The van der Waals surface area contributed by atoms with Gasteiger partial charge in [-0.05, 0) is 52.3 Å². The highest BCUT2D eigenvalue weighted by molar-refractivity contribution is 6.13. The number of amides is 6. The van der Waals surface area contributed by atoms with Gasteiger partial charge in [-0.1, -0.05) is 12.1 Å². The Kier molecular flexibility index (Phi) is 19.9. The molecule has 0 aromatic heterocycles. The maximum absolute atomic E-state index is 12.6. The quantitative estimate of drug-likeness (QED) is 0.0615. The second-order valence-electron chi connectivity index (χ2n) is 13.0. The number of esters is 1. The van der Waals surface area contributed by atoms with Gasteiger partial charge in [0.1, 0.15) is 18.7 Å². The van der Waals surface area contributed by atoms with E-state index in [9.17, 15) is 33.6 Å². The minimum atomic E-state index is -0.877. The molecule has 1 heterocycles. The standard InChI is InChI=1S/C36H53N5O12/c1-25(33(46)39-26(2)34(47)40-28-8-6-27(7-9-28)24-53-35(48)36(3,4)5)38-30(43)13-16-49-18-20-51-22-23-52-21-19-50-17-14-37-29(42)12-15-41-31(44)10-11-32(41)45/h6-11,25-26H,12-24H2,1-5H3,(H,37,42)(H,38,43)(H,39,46)(H,40,47)/t25?,26-/m0/s1. The van der Waals surface area contributed by atoms with E-state index in [4.69, 9.17) is 23.7 Å². The van der Waals surface area contributed by atoms with Crippen LogP contribution >= 0.6 is 0 Å². The summed E-state index contributed by atoms with van der Waals surface area (Å²) in [5, 5.41) is 10.5. The van der Waals surface area contributed by atoms with Crippen LogP contribution in [0.25, 0.3) is 0 Å². The van der Waals surface area contributed by atoms with Crippen LogP contribution in [0.2, 0.25) is 0 Å². The number of rotatable bonds is 25. The van der Waals surface area contributed by atoms with Crippen molar-refractivity contribution in [3.05, 3.63) is 42.0 Å². The van der Waals surface area contributed by atoms with Crippen molar-refractivity contribution in [1.82, 2.24) is 20.9 Å². The lowest BCUT2D eigenvalue weighted by Crippen LogP contribution is -2.50. The number of hydrogen-bond donors (Lipinski definition) is 4. The van der Waals surface area contributed by atoms with Crippen molar-refractivity contribution in [3.63, 3.8) is 0 Å². The van der Waals surface area contributed by atoms with Gasteiger partial charge >= 0.3 is 5.97 Å². The molecule has 53 heavy (non-hydrogen) atoms. The second-order valence-corrected chi connectivity index (χ2v) is 13.0. The number of nitrogens with one attached hydrogen (secondary N) is 4. The van der Waals surface area contributed by atoms with Crippen LogP contribution in [0.5, 0.6) is 0 Å². The van der Waals surface area contributed by atoms with Crippen LogP contribution in [-0.2, 0) is 63.9 Å². The molecule has 0 spiro atoms. The Bertz CT molecular complexity index is 1390. The average Bonchev–Trinajstić information content (AvgIpc) is 3.43. The maximum atomic E-state index is 12.6. The number of carbonyl (C=O) groups is 7. The van der Waals surface area contributed by atoms with Crippen LogP contribution in [-0.4, -0.2) is 124 Å². The molecule has 2 atom stereocenters. The van der Waals surface area contributed by atoms with Gasteiger partial charge in [0.2, 0.25) is 23.6 Å². The first-order chi connectivity index (χ1) is 25.2. The molecule has 0 radical (unpaired) electrons. The van der Waals surface area contributed by atoms with Gasteiger partial charge in [-0.25, -0.2) is 0 Å². The number of carbonyl (C=O) groups excluding carboxylic acids is 7. The third-order valence-electron chi connectivity index (χ3n) is 7.35. The smallest absolute Gasteiger partial charge is 0.311 e. The SMILES string of the molecule is CC(NC(=O)CCOCCOCCOCCOCCNC(=O)CCN1C(=O)C=CC1=O)C(=O)N[C@@H](C)C(=O)Nc1ccc(COC(=O)C(C)(C)C)cc1. The average molecular weight is 748 g/mol. The normalized spacial score (nSPS) is 13.7. The Hall–Kier alpha value is -4.71. The Morgan fingerprint density at radius 2 is 1.21 bits per heavy atom. The molecular formula is C36H53N5O12. The highest BCUT2D eigenvalue weighted by Gasteiger charge is 2.24. The van der Waals surface area contributed by atoms with Crippen molar-refractivity contribution in [1.29, 1.82) is 0 Å². The van der Waals surface area contributed by atoms with Gasteiger partial charge in [-0.15, -0.1) is 0 Å². The van der Waals surface area contributed by atoms with Crippen molar-refractivity contribution in [3.8, 4) is 0 Å². The summed E-state index contributed by atoms with van der Waals surface area (Å²) in [6.07, 6.45) is 2.40. The van der Waals surface area contributed by atoms with Crippen LogP contribution in [0.3, 0.4) is 0 Å². The summed E-state index contributed by atoms with van der Waals surface area (Å²) in [7, 11) is 0. The fraction of sp³-hybridized carbons (Fsp3) is 0.583. The van der Waals surface area contributed by atoms with Gasteiger partial charge in [0.25, 0.3) is 11.8 Å². The van der Waals surface area contributed by atoms with E-state index in [1.165, 1.54) is 26.0 Å².